The van der Waals surface area contributed by atoms with Crippen LogP contribution in [-0.4, -0.2) is 18.5 Å². The summed E-state index contributed by atoms with van der Waals surface area (Å²) in [4.78, 5) is 23.5. The lowest BCUT2D eigenvalue weighted by Gasteiger charge is -2.06. The topological polar surface area (TPSA) is 55.4 Å². The molecule has 21 heavy (non-hydrogen) atoms. The lowest BCUT2D eigenvalue weighted by molar-refractivity contribution is -0.124. The summed E-state index contributed by atoms with van der Waals surface area (Å²) in [5.74, 6) is -1.37. The smallest absolute Gasteiger partial charge is 0.348 e. The molecule has 0 unspecified atom stereocenters. The molecule has 0 aliphatic rings. The van der Waals surface area contributed by atoms with E-state index in [-0.39, 0.29) is 19.0 Å². The van der Waals surface area contributed by atoms with Gasteiger partial charge in [-0.2, -0.15) is 0 Å². The summed E-state index contributed by atoms with van der Waals surface area (Å²) in [6.07, 6.45) is 0. The molecular formula is C14H11ClFNO3S. The zero-order valence-corrected chi connectivity index (χ0v) is 12.3. The van der Waals surface area contributed by atoms with E-state index in [0.29, 0.717) is 9.21 Å². The summed E-state index contributed by atoms with van der Waals surface area (Å²) in [6, 6.07) is 8.86. The molecule has 110 valence electrons. The van der Waals surface area contributed by atoms with Crippen molar-refractivity contribution in [3.63, 3.8) is 0 Å². The van der Waals surface area contributed by atoms with Crippen molar-refractivity contribution >= 4 is 34.8 Å². The van der Waals surface area contributed by atoms with Gasteiger partial charge in [0.15, 0.2) is 6.61 Å². The molecule has 4 nitrogen and oxygen atoms in total. The molecule has 1 heterocycles. The Balaban J connectivity index is 1.74. The molecule has 0 spiro atoms. The van der Waals surface area contributed by atoms with Gasteiger partial charge in [0.1, 0.15) is 10.7 Å². The standard InChI is InChI=1S/C14H11ClFNO3S/c15-12-6-5-11(21-12)14(19)20-8-13(18)17-7-9-1-3-10(16)4-2-9/h1-6H,7-8H2,(H,17,18). The second-order valence-electron chi connectivity index (χ2n) is 4.08. The molecular weight excluding hydrogens is 317 g/mol. The first-order valence-corrected chi connectivity index (χ1v) is 7.17. The highest BCUT2D eigenvalue weighted by Gasteiger charge is 2.12. The zero-order valence-electron chi connectivity index (χ0n) is 10.8. The fourth-order valence-electron chi connectivity index (χ4n) is 1.48. The van der Waals surface area contributed by atoms with Crippen molar-refractivity contribution in [2.45, 2.75) is 6.54 Å². The Labute approximate surface area is 129 Å². The van der Waals surface area contributed by atoms with Gasteiger partial charge in [-0.25, -0.2) is 9.18 Å². The van der Waals surface area contributed by atoms with Crippen LogP contribution in [0.4, 0.5) is 4.39 Å². The number of hydrogen-bond acceptors (Lipinski definition) is 4. The van der Waals surface area contributed by atoms with Gasteiger partial charge in [-0.15, -0.1) is 11.3 Å². The quantitative estimate of drug-likeness (QED) is 0.859. The molecule has 0 aliphatic heterocycles. The predicted octanol–water partition coefficient (Wildman–Crippen LogP) is 3.01. The second kappa shape index (κ2) is 7.19. The summed E-state index contributed by atoms with van der Waals surface area (Å²) in [5.41, 5.74) is 0.751. The largest absolute Gasteiger partial charge is 0.451 e. The molecule has 1 aromatic heterocycles. The van der Waals surface area contributed by atoms with E-state index in [0.717, 1.165) is 16.9 Å². The third-order valence-electron chi connectivity index (χ3n) is 2.51. The Hall–Kier alpha value is -1.92. The number of benzene rings is 1. The average molecular weight is 328 g/mol. The van der Waals surface area contributed by atoms with Crippen LogP contribution in [-0.2, 0) is 16.1 Å². The van der Waals surface area contributed by atoms with Crippen LogP contribution in [0.25, 0.3) is 0 Å². The highest BCUT2D eigenvalue weighted by Crippen LogP contribution is 2.21. The Morgan fingerprint density at radius 3 is 2.52 bits per heavy atom. The van der Waals surface area contributed by atoms with Gasteiger partial charge in [-0.1, -0.05) is 23.7 Å². The van der Waals surface area contributed by atoms with Crippen LogP contribution in [0.15, 0.2) is 36.4 Å². The molecule has 2 aromatic rings. The molecule has 0 radical (unpaired) electrons. The Morgan fingerprint density at radius 2 is 1.90 bits per heavy atom. The first-order valence-electron chi connectivity index (χ1n) is 5.98. The lowest BCUT2D eigenvalue weighted by Crippen LogP contribution is -2.28. The van der Waals surface area contributed by atoms with Gasteiger partial charge in [-0.3, -0.25) is 4.79 Å². The van der Waals surface area contributed by atoms with Gasteiger partial charge < -0.3 is 10.1 Å². The predicted molar refractivity (Wildman–Crippen MR) is 77.9 cm³/mol. The number of nitrogens with one attached hydrogen (secondary N) is 1. The van der Waals surface area contributed by atoms with Gasteiger partial charge >= 0.3 is 5.97 Å². The summed E-state index contributed by atoms with van der Waals surface area (Å²) >= 11 is 6.78. The van der Waals surface area contributed by atoms with Crippen LogP contribution >= 0.6 is 22.9 Å². The zero-order chi connectivity index (χ0) is 15.2. The summed E-state index contributed by atoms with van der Waals surface area (Å²) in [5, 5.41) is 2.57. The molecule has 2 rings (SSSR count). The first kappa shape index (κ1) is 15.5. The average Bonchev–Trinajstić information content (AvgIpc) is 2.91. The molecule has 1 N–H and O–H groups in total. The SMILES string of the molecule is O=C(COC(=O)c1ccc(Cl)s1)NCc1ccc(F)cc1. The van der Waals surface area contributed by atoms with Crippen molar-refractivity contribution in [1.82, 2.24) is 5.32 Å². The number of ether oxygens (including phenoxy) is 1. The summed E-state index contributed by atoms with van der Waals surface area (Å²) in [6.45, 7) is -0.142. The highest BCUT2D eigenvalue weighted by atomic mass is 35.5. The van der Waals surface area contributed by atoms with E-state index in [9.17, 15) is 14.0 Å². The first-order chi connectivity index (χ1) is 10.0. The van der Waals surface area contributed by atoms with Gasteiger partial charge in [0.2, 0.25) is 0 Å². The molecule has 0 atom stereocenters. The fraction of sp³-hybridized carbons (Fsp3) is 0.143. The van der Waals surface area contributed by atoms with E-state index in [1.165, 1.54) is 18.2 Å². The molecule has 1 aromatic carbocycles. The fourth-order valence-corrected chi connectivity index (χ4v) is 2.42. The Bertz CT molecular complexity index is 642. The van der Waals surface area contributed by atoms with E-state index in [2.05, 4.69) is 5.32 Å². The third kappa shape index (κ3) is 4.84. The van der Waals surface area contributed by atoms with E-state index >= 15 is 0 Å². The normalized spacial score (nSPS) is 10.2. The van der Waals surface area contributed by atoms with Crippen LogP contribution in [0.2, 0.25) is 4.34 Å². The minimum absolute atomic E-state index is 0.238. The van der Waals surface area contributed by atoms with Crippen LogP contribution in [0.1, 0.15) is 15.2 Å². The lowest BCUT2D eigenvalue weighted by atomic mass is 10.2. The van der Waals surface area contributed by atoms with Gasteiger partial charge in [-0.05, 0) is 29.8 Å². The van der Waals surface area contributed by atoms with Crippen molar-refractivity contribution < 1.29 is 18.7 Å². The monoisotopic (exact) mass is 327 g/mol. The van der Waals surface area contributed by atoms with Crippen LogP contribution in [0, 0.1) is 5.82 Å². The Kier molecular flexibility index (Phi) is 5.30. The number of hydrogen-bond donors (Lipinski definition) is 1. The van der Waals surface area contributed by atoms with Crippen molar-refractivity contribution in [3.05, 3.63) is 57.0 Å². The molecule has 0 saturated carbocycles. The van der Waals surface area contributed by atoms with Crippen LogP contribution in [0.3, 0.4) is 0 Å². The van der Waals surface area contributed by atoms with Crippen molar-refractivity contribution in [1.29, 1.82) is 0 Å². The number of carbonyl (C=O) groups excluding carboxylic acids is 2. The highest BCUT2D eigenvalue weighted by molar-refractivity contribution is 7.17. The minimum Gasteiger partial charge on any atom is -0.451 e. The van der Waals surface area contributed by atoms with E-state index in [4.69, 9.17) is 16.3 Å². The Morgan fingerprint density at radius 1 is 1.19 bits per heavy atom. The molecule has 0 bridgehead atoms. The maximum Gasteiger partial charge on any atom is 0.348 e. The van der Waals surface area contributed by atoms with E-state index in [1.807, 2.05) is 0 Å². The van der Waals surface area contributed by atoms with Gasteiger partial charge in [0.25, 0.3) is 5.91 Å². The second-order valence-corrected chi connectivity index (χ2v) is 5.80. The van der Waals surface area contributed by atoms with Crippen molar-refractivity contribution in [3.8, 4) is 0 Å². The number of rotatable bonds is 5. The summed E-state index contributed by atoms with van der Waals surface area (Å²) in [7, 11) is 0. The third-order valence-corrected chi connectivity index (χ3v) is 3.72. The molecule has 7 heteroatoms. The maximum absolute atomic E-state index is 12.7. The van der Waals surface area contributed by atoms with Crippen molar-refractivity contribution in [2.24, 2.45) is 0 Å². The maximum atomic E-state index is 12.7. The number of carbonyl (C=O) groups is 2. The van der Waals surface area contributed by atoms with Crippen LogP contribution in [0.5, 0.6) is 0 Å². The van der Waals surface area contributed by atoms with E-state index in [1.54, 1.807) is 18.2 Å². The molecule has 0 aliphatic carbocycles. The van der Waals surface area contributed by atoms with Crippen LogP contribution < -0.4 is 5.32 Å². The number of amides is 1. The number of esters is 1. The summed E-state index contributed by atoms with van der Waals surface area (Å²) < 4.78 is 18.0. The number of halogens is 2. The molecule has 0 fully saturated rings. The molecule has 1 amide bonds. The number of thiophene rings is 1. The molecule has 0 saturated heterocycles. The van der Waals surface area contributed by atoms with Gasteiger partial charge in [0, 0.05) is 6.54 Å². The minimum atomic E-state index is -0.594. The van der Waals surface area contributed by atoms with Gasteiger partial charge in [0.05, 0.1) is 4.34 Å². The van der Waals surface area contributed by atoms with E-state index < -0.39 is 11.9 Å². The van der Waals surface area contributed by atoms with Crippen molar-refractivity contribution in [2.75, 3.05) is 6.61 Å².